The first-order chi connectivity index (χ1) is 9.65. The Morgan fingerprint density at radius 3 is 2.65 bits per heavy atom. The summed E-state index contributed by atoms with van der Waals surface area (Å²) in [7, 11) is 0. The lowest BCUT2D eigenvalue weighted by Crippen LogP contribution is -2.25. The van der Waals surface area contributed by atoms with Crippen LogP contribution in [-0.2, 0) is 6.42 Å². The van der Waals surface area contributed by atoms with Crippen LogP contribution in [0.2, 0.25) is 0 Å². The lowest BCUT2D eigenvalue weighted by Gasteiger charge is -2.27. The van der Waals surface area contributed by atoms with E-state index in [2.05, 4.69) is 32.0 Å². The predicted octanol–water partition coefficient (Wildman–Crippen LogP) is 4.01. The average Bonchev–Trinajstić information content (AvgIpc) is 2.72. The molecule has 0 amide bonds. The SMILES string of the molecule is CCc1cccc(C)c1C1=C(O)[C@@H]2CCCC[C@@H]2C1O. The third-order valence-corrected chi connectivity index (χ3v) is 5.16. The monoisotopic (exact) mass is 272 g/mol. The van der Waals surface area contributed by atoms with Gasteiger partial charge in [-0.15, -0.1) is 0 Å². The summed E-state index contributed by atoms with van der Waals surface area (Å²) >= 11 is 0. The molecule has 20 heavy (non-hydrogen) atoms. The molecule has 0 heterocycles. The molecule has 2 nitrogen and oxygen atoms in total. The van der Waals surface area contributed by atoms with E-state index >= 15 is 0 Å². The van der Waals surface area contributed by atoms with Crippen molar-refractivity contribution in [3.05, 3.63) is 40.6 Å². The third kappa shape index (κ3) is 1.98. The average molecular weight is 272 g/mol. The molecule has 0 aromatic heterocycles. The molecule has 0 saturated heterocycles. The second kappa shape index (κ2) is 5.25. The molecule has 0 radical (unpaired) electrons. The molecule has 108 valence electrons. The number of allylic oxidation sites excluding steroid dienone is 1. The Morgan fingerprint density at radius 2 is 1.95 bits per heavy atom. The highest BCUT2D eigenvalue weighted by Gasteiger charge is 2.44. The summed E-state index contributed by atoms with van der Waals surface area (Å²) in [5.41, 5.74) is 4.29. The van der Waals surface area contributed by atoms with Gasteiger partial charge in [0.1, 0.15) is 5.76 Å². The van der Waals surface area contributed by atoms with Gasteiger partial charge in [0.2, 0.25) is 0 Å². The van der Waals surface area contributed by atoms with Crippen molar-refractivity contribution in [3.8, 4) is 0 Å². The van der Waals surface area contributed by atoms with Gasteiger partial charge in [0.25, 0.3) is 0 Å². The normalized spacial score (nSPS) is 29.6. The summed E-state index contributed by atoms with van der Waals surface area (Å²) in [6, 6.07) is 6.24. The highest BCUT2D eigenvalue weighted by Crippen LogP contribution is 2.49. The largest absolute Gasteiger partial charge is 0.512 e. The number of hydrogen-bond donors (Lipinski definition) is 2. The fourth-order valence-electron chi connectivity index (χ4n) is 4.13. The topological polar surface area (TPSA) is 40.5 Å². The predicted molar refractivity (Wildman–Crippen MR) is 81.6 cm³/mol. The molecule has 0 aliphatic heterocycles. The fraction of sp³-hybridized carbons (Fsp3) is 0.556. The quantitative estimate of drug-likeness (QED) is 0.854. The van der Waals surface area contributed by atoms with E-state index in [0.29, 0.717) is 5.76 Å². The zero-order chi connectivity index (χ0) is 14.3. The van der Waals surface area contributed by atoms with Crippen molar-refractivity contribution >= 4 is 5.57 Å². The summed E-state index contributed by atoms with van der Waals surface area (Å²) < 4.78 is 0. The Bertz CT molecular complexity index is 544. The minimum Gasteiger partial charge on any atom is -0.512 e. The van der Waals surface area contributed by atoms with Crippen LogP contribution < -0.4 is 0 Å². The minimum absolute atomic E-state index is 0.179. The number of benzene rings is 1. The smallest absolute Gasteiger partial charge is 0.102 e. The van der Waals surface area contributed by atoms with Crippen molar-refractivity contribution in [3.63, 3.8) is 0 Å². The molecule has 1 aromatic rings. The van der Waals surface area contributed by atoms with Gasteiger partial charge in [-0.3, -0.25) is 0 Å². The Hall–Kier alpha value is -1.28. The van der Waals surface area contributed by atoms with Crippen LogP contribution in [-0.4, -0.2) is 16.3 Å². The van der Waals surface area contributed by atoms with Crippen molar-refractivity contribution in [1.82, 2.24) is 0 Å². The lowest BCUT2D eigenvalue weighted by atomic mass is 9.79. The van der Waals surface area contributed by atoms with Gasteiger partial charge in [-0.1, -0.05) is 38.0 Å². The molecule has 3 rings (SSSR count). The molecule has 2 aliphatic rings. The van der Waals surface area contributed by atoms with Crippen LogP contribution in [0, 0.1) is 18.8 Å². The molecular weight excluding hydrogens is 248 g/mol. The molecule has 1 unspecified atom stereocenters. The maximum absolute atomic E-state index is 10.7. The zero-order valence-corrected chi connectivity index (χ0v) is 12.4. The van der Waals surface area contributed by atoms with Crippen LogP contribution >= 0.6 is 0 Å². The number of rotatable bonds is 2. The third-order valence-electron chi connectivity index (χ3n) is 5.16. The Labute approximate surface area is 121 Å². The summed E-state index contributed by atoms with van der Waals surface area (Å²) in [5, 5.41) is 21.4. The lowest BCUT2D eigenvalue weighted by molar-refractivity contribution is 0.109. The fourth-order valence-corrected chi connectivity index (χ4v) is 4.13. The number of aryl methyl sites for hydroxylation is 2. The van der Waals surface area contributed by atoms with Crippen molar-refractivity contribution in [1.29, 1.82) is 0 Å². The second-order valence-corrected chi connectivity index (χ2v) is 6.26. The van der Waals surface area contributed by atoms with Crippen LogP contribution in [0.1, 0.15) is 49.3 Å². The van der Waals surface area contributed by atoms with E-state index in [4.69, 9.17) is 0 Å². The molecule has 1 fully saturated rings. The first-order valence-corrected chi connectivity index (χ1v) is 7.85. The van der Waals surface area contributed by atoms with Crippen molar-refractivity contribution < 1.29 is 10.2 Å². The van der Waals surface area contributed by atoms with Crippen LogP contribution in [0.25, 0.3) is 5.57 Å². The number of aliphatic hydroxyl groups excluding tert-OH is 2. The minimum atomic E-state index is -0.494. The Kier molecular flexibility index (Phi) is 3.59. The first-order valence-electron chi connectivity index (χ1n) is 7.85. The highest BCUT2D eigenvalue weighted by atomic mass is 16.3. The van der Waals surface area contributed by atoms with Crippen molar-refractivity contribution in [2.24, 2.45) is 11.8 Å². The standard InChI is InChI=1S/C18H24O2/c1-3-12-8-6-7-11(2)15(12)16-17(19)13-9-4-5-10-14(13)18(16)20/h6-8,13-14,17,19-20H,3-5,9-10H2,1-2H3/t13-,14+,17?/m0/s1. The van der Waals surface area contributed by atoms with E-state index in [9.17, 15) is 10.2 Å². The van der Waals surface area contributed by atoms with Crippen molar-refractivity contribution in [2.45, 2.75) is 52.1 Å². The molecule has 2 heteroatoms. The zero-order valence-electron chi connectivity index (χ0n) is 12.4. The Morgan fingerprint density at radius 1 is 1.20 bits per heavy atom. The Balaban J connectivity index is 2.11. The first kappa shape index (κ1) is 13.7. The van der Waals surface area contributed by atoms with Gasteiger partial charge >= 0.3 is 0 Å². The van der Waals surface area contributed by atoms with Crippen LogP contribution in [0.3, 0.4) is 0 Å². The second-order valence-electron chi connectivity index (χ2n) is 6.26. The summed E-state index contributed by atoms with van der Waals surface area (Å²) in [6.07, 6.45) is 4.83. The van der Waals surface area contributed by atoms with Crippen LogP contribution in [0.5, 0.6) is 0 Å². The molecule has 1 saturated carbocycles. The van der Waals surface area contributed by atoms with Crippen LogP contribution in [0.4, 0.5) is 0 Å². The molecule has 1 aromatic carbocycles. The van der Waals surface area contributed by atoms with Gasteiger partial charge in [0.05, 0.1) is 6.10 Å². The van der Waals surface area contributed by atoms with Gasteiger partial charge in [0, 0.05) is 11.5 Å². The van der Waals surface area contributed by atoms with Gasteiger partial charge in [-0.25, -0.2) is 0 Å². The van der Waals surface area contributed by atoms with Gasteiger partial charge in [-0.2, -0.15) is 0 Å². The number of fused-ring (bicyclic) bond motifs is 1. The summed E-state index contributed by atoms with van der Waals surface area (Å²) in [4.78, 5) is 0. The molecule has 3 atom stereocenters. The maximum Gasteiger partial charge on any atom is 0.102 e. The van der Waals surface area contributed by atoms with E-state index in [1.807, 2.05) is 0 Å². The van der Waals surface area contributed by atoms with E-state index in [-0.39, 0.29) is 11.8 Å². The van der Waals surface area contributed by atoms with E-state index in [0.717, 1.165) is 36.0 Å². The molecule has 0 spiro atoms. The highest BCUT2D eigenvalue weighted by molar-refractivity contribution is 5.77. The van der Waals surface area contributed by atoms with E-state index in [1.54, 1.807) is 0 Å². The van der Waals surface area contributed by atoms with Gasteiger partial charge in [0.15, 0.2) is 0 Å². The molecular formula is C18H24O2. The molecule has 2 aliphatic carbocycles. The summed E-state index contributed by atoms with van der Waals surface area (Å²) in [5.74, 6) is 0.868. The summed E-state index contributed by atoms with van der Waals surface area (Å²) in [6.45, 7) is 4.20. The number of hydrogen-bond acceptors (Lipinski definition) is 2. The molecule has 0 bridgehead atoms. The van der Waals surface area contributed by atoms with Gasteiger partial charge in [-0.05, 0) is 48.8 Å². The maximum atomic E-state index is 10.7. The van der Waals surface area contributed by atoms with Crippen LogP contribution in [0.15, 0.2) is 24.0 Å². The van der Waals surface area contributed by atoms with Gasteiger partial charge < -0.3 is 10.2 Å². The molecule has 2 N–H and O–H groups in total. The van der Waals surface area contributed by atoms with E-state index in [1.165, 1.54) is 18.4 Å². The van der Waals surface area contributed by atoms with Crippen molar-refractivity contribution in [2.75, 3.05) is 0 Å². The number of aliphatic hydroxyl groups is 2. The van der Waals surface area contributed by atoms with E-state index < -0.39 is 6.10 Å².